The fourth-order valence-corrected chi connectivity index (χ4v) is 1.75. The smallest absolute Gasteiger partial charge is 0.0929 e. The van der Waals surface area contributed by atoms with E-state index in [1.54, 1.807) is 0 Å². The minimum atomic E-state index is 0.433. The van der Waals surface area contributed by atoms with Crippen LogP contribution in [0.4, 0.5) is 0 Å². The molecule has 0 aliphatic rings. The third-order valence-electron chi connectivity index (χ3n) is 2.72. The molecule has 0 fully saturated rings. The number of rotatable bonds is 4. The van der Waals surface area contributed by atoms with E-state index in [1.807, 2.05) is 12.1 Å². The molecule has 2 rings (SSSR count). The van der Waals surface area contributed by atoms with Gasteiger partial charge in [0.25, 0.3) is 0 Å². The van der Waals surface area contributed by atoms with Crippen LogP contribution in [0.1, 0.15) is 24.6 Å². The van der Waals surface area contributed by atoms with Gasteiger partial charge in [-0.15, -0.1) is 0 Å². The van der Waals surface area contributed by atoms with E-state index < -0.39 is 0 Å². The summed E-state index contributed by atoms with van der Waals surface area (Å²) in [6.45, 7) is 2.62. The Kier molecular flexibility index (Phi) is 3.83. The summed E-state index contributed by atoms with van der Waals surface area (Å²) >= 11 is 0. The maximum absolute atomic E-state index is 5.49. The molecule has 88 valence electrons. The molecule has 2 N–H and O–H groups in total. The minimum Gasteiger partial charge on any atom is -0.325 e. The normalized spacial score (nSPS) is 10.5. The van der Waals surface area contributed by atoms with Crippen LogP contribution in [0.15, 0.2) is 36.4 Å². The molecule has 0 radical (unpaired) electrons. The van der Waals surface area contributed by atoms with Crippen molar-refractivity contribution < 1.29 is 0 Å². The summed E-state index contributed by atoms with van der Waals surface area (Å²) in [6.07, 6.45) is 2.29. The van der Waals surface area contributed by atoms with Gasteiger partial charge in [0.1, 0.15) is 0 Å². The molecule has 0 bridgehead atoms. The number of nitrogens with two attached hydrogens (primary N) is 1. The highest BCUT2D eigenvalue weighted by Gasteiger charge is 2.00. The minimum absolute atomic E-state index is 0.433. The number of hydrogen-bond acceptors (Lipinski definition) is 3. The molecule has 0 amide bonds. The van der Waals surface area contributed by atoms with Gasteiger partial charge in [-0.1, -0.05) is 37.6 Å². The van der Waals surface area contributed by atoms with E-state index in [4.69, 9.17) is 5.73 Å². The molecule has 0 saturated carbocycles. The zero-order valence-electron chi connectivity index (χ0n) is 10.1. The summed E-state index contributed by atoms with van der Waals surface area (Å²) in [5.41, 5.74) is 9.66. The van der Waals surface area contributed by atoms with Crippen molar-refractivity contribution in [3.63, 3.8) is 0 Å². The molecular weight excluding hydrogens is 210 g/mol. The Bertz CT molecular complexity index is 460. The van der Waals surface area contributed by atoms with Gasteiger partial charge in [-0.3, -0.25) is 0 Å². The van der Waals surface area contributed by atoms with Crippen molar-refractivity contribution in [1.29, 1.82) is 0 Å². The molecule has 2 aromatic rings. The highest BCUT2D eigenvalue weighted by Crippen LogP contribution is 2.17. The number of aryl methyl sites for hydroxylation is 1. The number of hydrogen-bond donors (Lipinski definition) is 1. The van der Waals surface area contributed by atoms with Crippen molar-refractivity contribution in [1.82, 2.24) is 10.2 Å². The number of benzene rings is 1. The van der Waals surface area contributed by atoms with Gasteiger partial charge in [0.2, 0.25) is 0 Å². The van der Waals surface area contributed by atoms with Crippen LogP contribution in [0.5, 0.6) is 0 Å². The van der Waals surface area contributed by atoms with Crippen LogP contribution < -0.4 is 5.73 Å². The first-order valence-corrected chi connectivity index (χ1v) is 5.95. The molecule has 0 aliphatic heterocycles. The van der Waals surface area contributed by atoms with Gasteiger partial charge < -0.3 is 5.73 Å². The lowest BCUT2D eigenvalue weighted by molar-refractivity contribution is 0.901. The first-order chi connectivity index (χ1) is 8.33. The fraction of sp³-hybridized carbons (Fsp3) is 0.286. The Balaban J connectivity index is 2.20. The van der Waals surface area contributed by atoms with E-state index in [1.165, 1.54) is 12.0 Å². The molecule has 3 nitrogen and oxygen atoms in total. The molecule has 0 saturated heterocycles. The van der Waals surface area contributed by atoms with E-state index in [9.17, 15) is 0 Å². The Hall–Kier alpha value is -1.74. The molecule has 0 atom stereocenters. The Morgan fingerprint density at radius 2 is 1.76 bits per heavy atom. The van der Waals surface area contributed by atoms with E-state index in [-0.39, 0.29) is 0 Å². The monoisotopic (exact) mass is 227 g/mol. The van der Waals surface area contributed by atoms with Crippen molar-refractivity contribution in [2.75, 3.05) is 0 Å². The van der Waals surface area contributed by atoms with Crippen LogP contribution in [0.2, 0.25) is 0 Å². The van der Waals surface area contributed by atoms with E-state index in [0.29, 0.717) is 6.54 Å². The second-order valence-electron chi connectivity index (χ2n) is 4.06. The van der Waals surface area contributed by atoms with Crippen LogP contribution in [-0.2, 0) is 13.0 Å². The first-order valence-electron chi connectivity index (χ1n) is 5.95. The SMILES string of the molecule is CCCc1ccc(-c2ccc(CN)nn2)cc1. The lowest BCUT2D eigenvalue weighted by Crippen LogP contribution is -2.01. The highest BCUT2D eigenvalue weighted by atomic mass is 15.1. The molecule has 1 heterocycles. The van der Waals surface area contributed by atoms with Gasteiger partial charge in [-0.05, 0) is 24.1 Å². The van der Waals surface area contributed by atoms with Crippen LogP contribution >= 0.6 is 0 Å². The number of nitrogens with zero attached hydrogens (tertiary/aromatic N) is 2. The molecule has 0 spiro atoms. The van der Waals surface area contributed by atoms with Crippen molar-refractivity contribution in [3.05, 3.63) is 47.7 Å². The lowest BCUT2D eigenvalue weighted by atomic mass is 10.1. The predicted molar refractivity (Wildman–Crippen MR) is 69.4 cm³/mol. The average molecular weight is 227 g/mol. The van der Waals surface area contributed by atoms with Crippen LogP contribution in [-0.4, -0.2) is 10.2 Å². The van der Waals surface area contributed by atoms with Crippen molar-refractivity contribution in [2.24, 2.45) is 5.73 Å². The van der Waals surface area contributed by atoms with Gasteiger partial charge in [-0.25, -0.2) is 0 Å². The molecule has 0 aliphatic carbocycles. The van der Waals surface area contributed by atoms with Crippen LogP contribution in [0.3, 0.4) is 0 Å². The molecule has 1 aromatic carbocycles. The van der Waals surface area contributed by atoms with Gasteiger partial charge in [0, 0.05) is 12.1 Å². The maximum Gasteiger partial charge on any atom is 0.0929 e. The summed E-state index contributed by atoms with van der Waals surface area (Å²) in [4.78, 5) is 0. The molecule has 3 heteroatoms. The van der Waals surface area contributed by atoms with Crippen molar-refractivity contribution >= 4 is 0 Å². The Morgan fingerprint density at radius 3 is 2.29 bits per heavy atom. The van der Waals surface area contributed by atoms with Crippen LogP contribution in [0.25, 0.3) is 11.3 Å². The topological polar surface area (TPSA) is 51.8 Å². The summed E-state index contributed by atoms with van der Waals surface area (Å²) in [5.74, 6) is 0. The Labute approximate surface area is 102 Å². The maximum atomic E-state index is 5.49. The second kappa shape index (κ2) is 5.55. The third kappa shape index (κ3) is 2.88. The van der Waals surface area contributed by atoms with Crippen molar-refractivity contribution in [3.8, 4) is 11.3 Å². The van der Waals surface area contributed by atoms with Crippen molar-refractivity contribution in [2.45, 2.75) is 26.3 Å². The summed E-state index contributed by atoms with van der Waals surface area (Å²) < 4.78 is 0. The van der Waals surface area contributed by atoms with Gasteiger partial charge >= 0.3 is 0 Å². The largest absolute Gasteiger partial charge is 0.325 e. The fourth-order valence-electron chi connectivity index (χ4n) is 1.75. The quantitative estimate of drug-likeness (QED) is 0.873. The van der Waals surface area contributed by atoms with E-state index in [2.05, 4.69) is 41.4 Å². The summed E-state index contributed by atoms with van der Waals surface area (Å²) in [7, 11) is 0. The number of aromatic nitrogens is 2. The Morgan fingerprint density at radius 1 is 1.00 bits per heavy atom. The first kappa shape index (κ1) is 11.7. The molecule has 0 unspecified atom stereocenters. The van der Waals surface area contributed by atoms with E-state index >= 15 is 0 Å². The van der Waals surface area contributed by atoms with Gasteiger partial charge in [-0.2, -0.15) is 10.2 Å². The summed E-state index contributed by atoms with van der Waals surface area (Å²) in [5, 5.41) is 8.22. The predicted octanol–water partition coefficient (Wildman–Crippen LogP) is 2.55. The van der Waals surface area contributed by atoms with E-state index in [0.717, 1.165) is 23.4 Å². The summed E-state index contributed by atoms with van der Waals surface area (Å²) in [6, 6.07) is 12.4. The molecule has 1 aromatic heterocycles. The lowest BCUT2D eigenvalue weighted by Gasteiger charge is -2.03. The highest BCUT2D eigenvalue weighted by molar-refractivity contribution is 5.58. The standard InChI is InChI=1S/C14H17N3/c1-2-3-11-4-6-12(7-5-11)14-9-8-13(10-15)16-17-14/h4-9H,2-3,10,15H2,1H3. The van der Waals surface area contributed by atoms with Gasteiger partial charge in [0.15, 0.2) is 0 Å². The van der Waals surface area contributed by atoms with Crippen LogP contribution in [0, 0.1) is 0 Å². The zero-order chi connectivity index (χ0) is 12.1. The zero-order valence-corrected chi connectivity index (χ0v) is 10.1. The third-order valence-corrected chi connectivity index (χ3v) is 2.72. The molecular formula is C14H17N3. The second-order valence-corrected chi connectivity index (χ2v) is 4.06. The van der Waals surface area contributed by atoms with Gasteiger partial charge in [0.05, 0.1) is 11.4 Å². The average Bonchev–Trinajstić information content (AvgIpc) is 2.40. The molecule has 17 heavy (non-hydrogen) atoms.